The van der Waals surface area contributed by atoms with Crippen molar-refractivity contribution in [2.75, 3.05) is 25.1 Å². The fraction of sp³-hybridized carbons (Fsp3) is 0.550. The van der Waals surface area contributed by atoms with Gasteiger partial charge in [0.25, 0.3) is 0 Å². The SMILES string of the molecule is COc1cc2c(N3CC4CCC(C3)N4C(=O)OC(C)(C)C)nc(Cl)nc2c(F)c1Br. The molecule has 2 aliphatic heterocycles. The Labute approximate surface area is 187 Å². The normalized spacial score (nSPS) is 21.3. The van der Waals surface area contributed by atoms with Crippen LogP contribution in [0.2, 0.25) is 5.28 Å². The maximum atomic E-state index is 14.9. The summed E-state index contributed by atoms with van der Waals surface area (Å²) in [5.41, 5.74) is -0.425. The monoisotopic (exact) mass is 500 g/mol. The van der Waals surface area contributed by atoms with E-state index in [2.05, 4.69) is 25.9 Å². The number of nitrogens with zero attached hydrogens (tertiary/aromatic N) is 4. The van der Waals surface area contributed by atoms with E-state index in [1.54, 1.807) is 6.07 Å². The van der Waals surface area contributed by atoms with Gasteiger partial charge in [0.2, 0.25) is 5.28 Å². The zero-order valence-corrected chi connectivity index (χ0v) is 19.5. The molecule has 10 heteroatoms. The van der Waals surface area contributed by atoms with Crippen molar-refractivity contribution in [3.05, 3.63) is 21.6 Å². The van der Waals surface area contributed by atoms with Crippen LogP contribution < -0.4 is 9.64 Å². The van der Waals surface area contributed by atoms with Gasteiger partial charge >= 0.3 is 6.09 Å². The lowest BCUT2D eigenvalue weighted by Gasteiger charge is -2.42. The van der Waals surface area contributed by atoms with E-state index >= 15 is 0 Å². The molecular weight excluding hydrogens is 479 g/mol. The number of benzene rings is 1. The highest BCUT2D eigenvalue weighted by Gasteiger charge is 2.45. The van der Waals surface area contributed by atoms with Gasteiger partial charge in [0, 0.05) is 18.5 Å². The molecule has 0 spiro atoms. The Hall–Kier alpha value is -1.87. The first-order chi connectivity index (χ1) is 14.1. The number of hydrogen-bond acceptors (Lipinski definition) is 6. The molecule has 2 aliphatic rings. The molecule has 4 rings (SSSR count). The van der Waals surface area contributed by atoms with Gasteiger partial charge in [-0.2, -0.15) is 4.98 Å². The fourth-order valence-electron chi connectivity index (χ4n) is 4.22. The van der Waals surface area contributed by atoms with E-state index in [4.69, 9.17) is 21.1 Å². The highest BCUT2D eigenvalue weighted by atomic mass is 79.9. The first-order valence-corrected chi connectivity index (χ1v) is 10.9. The summed E-state index contributed by atoms with van der Waals surface area (Å²) in [5.74, 6) is 0.336. The van der Waals surface area contributed by atoms with Gasteiger partial charge in [0.05, 0.1) is 23.7 Å². The van der Waals surface area contributed by atoms with Gasteiger partial charge in [-0.3, -0.25) is 4.90 Å². The molecule has 2 fully saturated rings. The van der Waals surface area contributed by atoms with Crippen LogP contribution in [-0.4, -0.2) is 58.8 Å². The van der Waals surface area contributed by atoms with Crippen LogP contribution in [-0.2, 0) is 4.74 Å². The summed E-state index contributed by atoms with van der Waals surface area (Å²) >= 11 is 9.34. The Balaban J connectivity index is 1.70. The number of amides is 1. The van der Waals surface area contributed by atoms with Gasteiger partial charge in [-0.1, -0.05) is 0 Å². The number of piperazine rings is 1. The van der Waals surface area contributed by atoms with Crippen molar-refractivity contribution >= 4 is 50.3 Å². The summed E-state index contributed by atoms with van der Waals surface area (Å²) in [6.07, 6.45) is 1.46. The Morgan fingerprint density at radius 2 is 1.90 bits per heavy atom. The molecule has 2 saturated heterocycles. The van der Waals surface area contributed by atoms with Crippen molar-refractivity contribution in [3.8, 4) is 5.75 Å². The molecule has 162 valence electrons. The van der Waals surface area contributed by atoms with Crippen LogP contribution in [0, 0.1) is 5.82 Å². The van der Waals surface area contributed by atoms with Gasteiger partial charge in [0.15, 0.2) is 5.82 Å². The van der Waals surface area contributed by atoms with E-state index in [9.17, 15) is 9.18 Å². The molecule has 2 bridgehead atoms. The Morgan fingerprint density at radius 3 is 2.47 bits per heavy atom. The first kappa shape index (κ1) is 21.4. The van der Waals surface area contributed by atoms with Crippen molar-refractivity contribution in [2.24, 2.45) is 0 Å². The van der Waals surface area contributed by atoms with E-state index in [-0.39, 0.29) is 33.4 Å². The van der Waals surface area contributed by atoms with Gasteiger partial charge in [-0.05, 0) is 67.2 Å². The molecule has 0 aliphatic carbocycles. The summed E-state index contributed by atoms with van der Waals surface area (Å²) in [5, 5.41) is 0.484. The summed E-state index contributed by atoms with van der Waals surface area (Å²) in [4.78, 5) is 25.1. The summed E-state index contributed by atoms with van der Waals surface area (Å²) in [7, 11) is 1.47. The Bertz CT molecular complexity index is 1000. The quantitative estimate of drug-likeness (QED) is 0.552. The Kier molecular flexibility index (Phi) is 5.47. The van der Waals surface area contributed by atoms with E-state index in [0.29, 0.717) is 30.0 Å². The van der Waals surface area contributed by atoms with Crippen molar-refractivity contribution in [2.45, 2.75) is 51.3 Å². The number of carbonyl (C=O) groups excluding carboxylic acids is 1. The highest BCUT2D eigenvalue weighted by Crippen LogP contribution is 2.40. The minimum Gasteiger partial charge on any atom is -0.495 e. The molecule has 1 aromatic heterocycles. The van der Waals surface area contributed by atoms with Gasteiger partial charge in [0.1, 0.15) is 22.7 Å². The molecule has 2 atom stereocenters. The first-order valence-electron chi connectivity index (χ1n) is 9.74. The highest BCUT2D eigenvalue weighted by molar-refractivity contribution is 9.10. The van der Waals surface area contributed by atoms with Crippen molar-refractivity contribution in [1.82, 2.24) is 14.9 Å². The third-order valence-electron chi connectivity index (χ3n) is 5.40. The standard InChI is InChI=1S/C20H23BrClFN4O3/c1-20(2,3)30-19(28)27-10-5-6-11(27)9-26(8-10)17-12-7-13(29-4)14(21)15(23)16(12)24-18(22)25-17/h7,10-11H,5-6,8-9H2,1-4H3. The molecule has 30 heavy (non-hydrogen) atoms. The molecule has 1 aromatic carbocycles. The second-order valence-electron chi connectivity index (χ2n) is 8.60. The molecule has 1 amide bonds. The smallest absolute Gasteiger partial charge is 0.410 e. The maximum absolute atomic E-state index is 14.9. The van der Waals surface area contributed by atoms with E-state index in [0.717, 1.165) is 12.8 Å². The van der Waals surface area contributed by atoms with Crippen LogP contribution >= 0.6 is 27.5 Å². The largest absolute Gasteiger partial charge is 0.495 e. The van der Waals surface area contributed by atoms with Crippen LogP contribution in [0.4, 0.5) is 15.0 Å². The molecule has 3 heterocycles. The molecule has 0 radical (unpaired) electrons. The third kappa shape index (κ3) is 3.77. The number of aromatic nitrogens is 2. The minimum absolute atomic E-state index is 0.00965. The van der Waals surface area contributed by atoms with Crippen LogP contribution in [0.3, 0.4) is 0 Å². The van der Waals surface area contributed by atoms with Crippen molar-refractivity contribution in [3.63, 3.8) is 0 Å². The van der Waals surface area contributed by atoms with E-state index in [1.807, 2.05) is 30.6 Å². The molecule has 7 nitrogen and oxygen atoms in total. The summed E-state index contributed by atoms with van der Waals surface area (Å²) < 4.78 is 26.0. The van der Waals surface area contributed by atoms with Crippen LogP contribution in [0.1, 0.15) is 33.6 Å². The van der Waals surface area contributed by atoms with Crippen molar-refractivity contribution < 1.29 is 18.7 Å². The number of hydrogen-bond donors (Lipinski definition) is 0. The average molecular weight is 502 g/mol. The topological polar surface area (TPSA) is 67.8 Å². The number of fused-ring (bicyclic) bond motifs is 3. The number of ether oxygens (including phenoxy) is 2. The molecule has 0 saturated carbocycles. The number of methoxy groups -OCH3 is 1. The second kappa shape index (κ2) is 7.67. The van der Waals surface area contributed by atoms with Crippen LogP contribution in [0.5, 0.6) is 5.75 Å². The minimum atomic E-state index is -0.551. The zero-order chi connectivity index (χ0) is 21.8. The lowest BCUT2D eigenvalue weighted by molar-refractivity contribution is 0.0123. The predicted molar refractivity (Wildman–Crippen MR) is 116 cm³/mol. The third-order valence-corrected chi connectivity index (χ3v) is 6.30. The zero-order valence-electron chi connectivity index (χ0n) is 17.2. The van der Waals surface area contributed by atoms with E-state index in [1.165, 1.54) is 7.11 Å². The molecule has 2 unspecified atom stereocenters. The molecule has 0 N–H and O–H groups in total. The summed E-state index contributed by atoms with van der Waals surface area (Å²) in [6.45, 7) is 6.69. The van der Waals surface area contributed by atoms with Crippen LogP contribution in [0.25, 0.3) is 10.9 Å². The number of carbonyl (C=O) groups is 1. The fourth-order valence-corrected chi connectivity index (χ4v) is 4.84. The number of anilines is 1. The average Bonchev–Trinajstić information content (AvgIpc) is 2.93. The number of halogens is 3. The van der Waals surface area contributed by atoms with E-state index < -0.39 is 11.4 Å². The van der Waals surface area contributed by atoms with Crippen molar-refractivity contribution in [1.29, 1.82) is 0 Å². The second-order valence-corrected chi connectivity index (χ2v) is 9.73. The van der Waals surface area contributed by atoms with Gasteiger partial charge in [-0.25, -0.2) is 14.2 Å². The Morgan fingerprint density at radius 1 is 1.27 bits per heavy atom. The van der Waals surface area contributed by atoms with Gasteiger partial charge < -0.3 is 14.4 Å². The number of rotatable bonds is 2. The van der Waals surface area contributed by atoms with Gasteiger partial charge in [-0.15, -0.1) is 0 Å². The lowest BCUT2D eigenvalue weighted by Crippen LogP contribution is -2.57. The molecular formula is C20H23BrClFN4O3. The lowest BCUT2D eigenvalue weighted by atomic mass is 10.1. The summed E-state index contributed by atoms with van der Waals surface area (Å²) in [6, 6.07) is 1.69. The van der Waals surface area contributed by atoms with Crippen LogP contribution in [0.15, 0.2) is 10.5 Å². The maximum Gasteiger partial charge on any atom is 0.410 e. The molecule has 2 aromatic rings. The predicted octanol–water partition coefficient (Wildman–Crippen LogP) is 4.78.